The van der Waals surface area contributed by atoms with E-state index < -0.39 is 5.92 Å². The summed E-state index contributed by atoms with van der Waals surface area (Å²) in [6, 6.07) is 15.3. The average molecular weight is 356 g/mol. The van der Waals surface area contributed by atoms with Crippen molar-refractivity contribution >= 4 is 23.2 Å². The summed E-state index contributed by atoms with van der Waals surface area (Å²) in [6.07, 6.45) is 0. The van der Waals surface area contributed by atoms with Crippen LogP contribution in [0.3, 0.4) is 0 Å². The highest BCUT2D eigenvalue weighted by Gasteiger charge is 2.41. The van der Waals surface area contributed by atoms with E-state index in [1.54, 1.807) is 6.07 Å². The number of H-pyrrole nitrogens is 1. The summed E-state index contributed by atoms with van der Waals surface area (Å²) in [5.41, 5.74) is 10.5. The molecule has 1 atom stereocenters. The van der Waals surface area contributed by atoms with E-state index >= 15 is 0 Å². The number of hydrogen-bond acceptors (Lipinski definition) is 5. The maximum atomic E-state index is 13.2. The summed E-state index contributed by atoms with van der Waals surface area (Å²) in [5.74, 6) is -0.144. The van der Waals surface area contributed by atoms with Gasteiger partial charge in [-0.1, -0.05) is 54.1 Å². The Hall–Kier alpha value is -3.67. The Morgan fingerprint density at radius 1 is 1.00 bits per heavy atom. The van der Waals surface area contributed by atoms with Gasteiger partial charge in [0.25, 0.3) is 5.56 Å². The Kier molecular flexibility index (Phi) is 3.12. The molecule has 0 saturated heterocycles. The molecular formula is C21H16N4O2. The molecule has 0 spiro atoms. The number of fused-ring (bicyclic) bond motifs is 3. The zero-order valence-electron chi connectivity index (χ0n) is 14.5. The van der Waals surface area contributed by atoms with Gasteiger partial charge in [-0.25, -0.2) is 0 Å². The molecule has 2 aliphatic rings. The van der Waals surface area contributed by atoms with Crippen molar-refractivity contribution < 1.29 is 4.79 Å². The lowest BCUT2D eigenvalue weighted by atomic mass is 9.81. The first-order valence-corrected chi connectivity index (χ1v) is 8.66. The number of carbonyl (C=O) groups excluding carboxylic acids is 1. The smallest absolute Gasteiger partial charge is 0.258 e. The number of allylic oxidation sites excluding steroid dienone is 1. The van der Waals surface area contributed by atoms with Crippen LogP contribution < -0.4 is 16.6 Å². The largest absolute Gasteiger partial charge is 0.369 e. The van der Waals surface area contributed by atoms with Crippen molar-refractivity contribution in [3.05, 3.63) is 92.3 Å². The van der Waals surface area contributed by atoms with Crippen LogP contribution >= 0.6 is 0 Å². The Morgan fingerprint density at radius 2 is 1.70 bits per heavy atom. The first kappa shape index (κ1) is 15.6. The molecule has 6 nitrogen and oxygen atoms in total. The molecule has 2 heterocycles. The average Bonchev–Trinajstić information content (AvgIpc) is 2.93. The minimum absolute atomic E-state index is 0.0376. The van der Waals surface area contributed by atoms with Crippen molar-refractivity contribution in [1.82, 2.24) is 9.97 Å². The quantitative estimate of drug-likeness (QED) is 0.622. The highest BCUT2D eigenvalue weighted by atomic mass is 16.1. The van der Waals surface area contributed by atoms with Gasteiger partial charge in [0.15, 0.2) is 5.78 Å². The number of nitrogens with zero attached hydrogens (tertiary/aromatic N) is 1. The second-order valence-electron chi connectivity index (χ2n) is 6.85. The van der Waals surface area contributed by atoms with Crippen molar-refractivity contribution in [1.29, 1.82) is 0 Å². The lowest BCUT2D eigenvalue weighted by molar-refractivity contribution is 0.103. The molecule has 0 radical (unpaired) electrons. The molecule has 0 unspecified atom stereocenters. The number of Topliss-reactive ketones (excluding diaryl/α,β-unsaturated/α-hetero) is 1. The van der Waals surface area contributed by atoms with E-state index in [9.17, 15) is 9.59 Å². The van der Waals surface area contributed by atoms with Gasteiger partial charge in [-0.15, -0.1) is 0 Å². The molecule has 0 bridgehead atoms. The third kappa shape index (κ3) is 2.16. The van der Waals surface area contributed by atoms with E-state index in [1.165, 1.54) is 0 Å². The Morgan fingerprint density at radius 3 is 2.44 bits per heavy atom. The molecular weight excluding hydrogens is 340 g/mol. The third-order valence-electron chi connectivity index (χ3n) is 5.16. The summed E-state index contributed by atoms with van der Waals surface area (Å²) >= 11 is 0. The zero-order valence-corrected chi connectivity index (χ0v) is 14.5. The van der Waals surface area contributed by atoms with Gasteiger partial charge in [-0.2, -0.15) is 4.98 Å². The fourth-order valence-electron chi connectivity index (χ4n) is 3.93. The number of nitrogen functional groups attached to an aromatic ring is 1. The Labute approximate surface area is 154 Å². The molecule has 1 aliphatic carbocycles. The van der Waals surface area contributed by atoms with E-state index in [-0.39, 0.29) is 17.3 Å². The lowest BCUT2D eigenvalue weighted by Crippen LogP contribution is -2.28. The number of benzene rings is 2. The number of aryl methyl sites for hydroxylation is 1. The number of aromatic amines is 1. The van der Waals surface area contributed by atoms with Gasteiger partial charge in [0.2, 0.25) is 5.95 Å². The van der Waals surface area contributed by atoms with Crippen LogP contribution in [0.25, 0.3) is 5.70 Å². The van der Waals surface area contributed by atoms with E-state index in [0.29, 0.717) is 28.2 Å². The number of anilines is 2. The third-order valence-corrected chi connectivity index (χ3v) is 5.16. The Bertz CT molecular complexity index is 1210. The predicted molar refractivity (Wildman–Crippen MR) is 104 cm³/mol. The highest BCUT2D eigenvalue weighted by Crippen LogP contribution is 2.47. The summed E-state index contributed by atoms with van der Waals surface area (Å²) in [7, 11) is 0. The van der Waals surface area contributed by atoms with Gasteiger partial charge >= 0.3 is 0 Å². The molecule has 1 aliphatic heterocycles. The van der Waals surface area contributed by atoms with E-state index in [4.69, 9.17) is 5.73 Å². The number of nitrogens with one attached hydrogen (secondary N) is 2. The maximum absolute atomic E-state index is 13.2. The maximum Gasteiger partial charge on any atom is 0.258 e. The second kappa shape index (κ2) is 5.41. The number of nitrogens with two attached hydrogens (primary N) is 1. The van der Waals surface area contributed by atoms with Crippen LogP contribution in [0, 0.1) is 6.92 Å². The molecule has 5 rings (SSSR count). The van der Waals surface area contributed by atoms with Crippen molar-refractivity contribution in [2.75, 3.05) is 11.1 Å². The zero-order chi connectivity index (χ0) is 18.7. The summed E-state index contributed by atoms with van der Waals surface area (Å²) < 4.78 is 0. The van der Waals surface area contributed by atoms with Gasteiger partial charge in [-0.05, 0) is 12.5 Å². The Balaban J connectivity index is 1.83. The van der Waals surface area contributed by atoms with Crippen LogP contribution in [0.4, 0.5) is 11.8 Å². The van der Waals surface area contributed by atoms with Crippen molar-refractivity contribution in [3.8, 4) is 0 Å². The molecule has 27 heavy (non-hydrogen) atoms. The minimum Gasteiger partial charge on any atom is -0.369 e. The van der Waals surface area contributed by atoms with Crippen LogP contribution in [0.1, 0.15) is 38.5 Å². The van der Waals surface area contributed by atoms with Gasteiger partial charge in [0, 0.05) is 22.6 Å². The second-order valence-corrected chi connectivity index (χ2v) is 6.85. The van der Waals surface area contributed by atoms with Crippen LogP contribution in [0.2, 0.25) is 0 Å². The topological polar surface area (TPSA) is 101 Å². The SMILES string of the molecule is Cc1ccc([C@@H]2C3=C(Nc4nc(N)[nH]c(=O)c42)c2ccccc2C3=O)cc1. The fourth-order valence-corrected chi connectivity index (χ4v) is 3.93. The standard InChI is InChI=1S/C21H16N4O2/c1-10-6-8-11(9-7-10)14-15-17(12-4-2-3-5-13(12)18(15)26)23-19-16(14)20(27)25-21(22)24-19/h2-9,14H,1H3,(H4,22,23,24,25,27)/t14-/m1/s1. The molecule has 0 saturated carbocycles. The summed E-state index contributed by atoms with van der Waals surface area (Å²) in [6.45, 7) is 2.00. The molecule has 132 valence electrons. The first-order valence-electron chi connectivity index (χ1n) is 8.66. The highest BCUT2D eigenvalue weighted by molar-refractivity contribution is 6.23. The van der Waals surface area contributed by atoms with Crippen molar-refractivity contribution in [3.63, 3.8) is 0 Å². The normalized spacial score (nSPS) is 17.2. The van der Waals surface area contributed by atoms with Gasteiger partial charge in [0.1, 0.15) is 5.82 Å². The predicted octanol–water partition coefficient (Wildman–Crippen LogP) is 2.83. The molecule has 1 aromatic heterocycles. The first-order chi connectivity index (χ1) is 13.0. The van der Waals surface area contributed by atoms with Crippen LogP contribution in [0.5, 0.6) is 0 Å². The number of hydrogen-bond donors (Lipinski definition) is 3. The van der Waals surface area contributed by atoms with Crippen molar-refractivity contribution in [2.24, 2.45) is 0 Å². The van der Waals surface area contributed by atoms with Gasteiger partial charge in [0.05, 0.1) is 11.3 Å². The minimum atomic E-state index is -0.506. The molecule has 6 heteroatoms. The molecule has 2 aromatic carbocycles. The monoisotopic (exact) mass is 356 g/mol. The van der Waals surface area contributed by atoms with Gasteiger partial charge < -0.3 is 11.1 Å². The van der Waals surface area contributed by atoms with E-state index in [0.717, 1.165) is 16.7 Å². The van der Waals surface area contributed by atoms with Crippen molar-refractivity contribution in [2.45, 2.75) is 12.8 Å². The summed E-state index contributed by atoms with van der Waals surface area (Å²) in [5, 5.41) is 3.19. The van der Waals surface area contributed by atoms with E-state index in [2.05, 4.69) is 15.3 Å². The van der Waals surface area contributed by atoms with E-state index in [1.807, 2.05) is 49.4 Å². The van der Waals surface area contributed by atoms with Crippen LogP contribution in [0.15, 0.2) is 58.9 Å². The molecule has 0 fully saturated rings. The molecule has 0 amide bonds. The van der Waals surface area contributed by atoms with Crippen LogP contribution in [-0.2, 0) is 0 Å². The fraction of sp³-hybridized carbons (Fsp3) is 0.0952. The number of ketones is 1. The molecule has 4 N–H and O–H groups in total. The lowest BCUT2D eigenvalue weighted by Gasteiger charge is -2.27. The number of aromatic nitrogens is 2. The number of rotatable bonds is 1. The van der Waals surface area contributed by atoms with Crippen LogP contribution in [-0.4, -0.2) is 15.8 Å². The molecule has 3 aromatic rings. The van der Waals surface area contributed by atoms with Gasteiger partial charge in [-0.3, -0.25) is 14.6 Å². The summed E-state index contributed by atoms with van der Waals surface area (Å²) in [4.78, 5) is 32.8. The number of carbonyl (C=O) groups is 1.